The maximum Gasteiger partial charge on any atom is 0.435 e. The maximum absolute atomic E-state index is 12.6. The molecule has 0 saturated heterocycles. The third kappa shape index (κ3) is 3.91. The average Bonchev–Trinajstić information content (AvgIpc) is 3.13. The van der Waals surface area contributed by atoms with Crippen LogP contribution in [0.2, 0.25) is 0 Å². The van der Waals surface area contributed by atoms with Gasteiger partial charge in [0, 0.05) is 16.7 Å². The molecule has 1 amide bonds. The number of thioether (sulfide) groups is 1. The number of rotatable bonds is 4. The fourth-order valence-corrected chi connectivity index (χ4v) is 2.88. The summed E-state index contributed by atoms with van der Waals surface area (Å²) in [6.45, 7) is 0. The molecule has 0 aliphatic heterocycles. The predicted molar refractivity (Wildman–Crippen MR) is 94.7 cm³/mol. The molecule has 1 aromatic heterocycles. The van der Waals surface area contributed by atoms with Gasteiger partial charge in [0.05, 0.1) is 11.4 Å². The second-order valence-electron chi connectivity index (χ2n) is 5.34. The zero-order chi connectivity index (χ0) is 18.7. The first-order valence-corrected chi connectivity index (χ1v) is 8.78. The molecule has 0 aliphatic rings. The minimum Gasteiger partial charge on any atom is -0.321 e. The van der Waals surface area contributed by atoms with E-state index in [2.05, 4.69) is 10.4 Å². The van der Waals surface area contributed by atoms with Crippen molar-refractivity contribution < 1.29 is 18.0 Å². The number of carbonyl (C=O) groups excluding carboxylic acids is 1. The molecule has 3 rings (SSSR count). The van der Waals surface area contributed by atoms with E-state index in [-0.39, 0.29) is 5.91 Å². The molecule has 4 nitrogen and oxygen atoms in total. The van der Waals surface area contributed by atoms with Crippen LogP contribution < -0.4 is 5.32 Å². The summed E-state index contributed by atoms with van der Waals surface area (Å²) in [5.41, 5.74) is 0.568. The van der Waals surface area contributed by atoms with Gasteiger partial charge in [0.15, 0.2) is 5.69 Å². The quantitative estimate of drug-likeness (QED) is 0.660. The van der Waals surface area contributed by atoms with Gasteiger partial charge in [-0.15, -0.1) is 11.8 Å². The molecular weight excluding hydrogens is 363 g/mol. The second kappa shape index (κ2) is 7.25. The largest absolute Gasteiger partial charge is 0.435 e. The number of hydrogen-bond donors (Lipinski definition) is 1. The summed E-state index contributed by atoms with van der Waals surface area (Å²) in [6, 6.07) is 14.5. The molecule has 8 heteroatoms. The van der Waals surface area contributed by atoms with Gasteiger partial charge in [0.25, 0.3) is 5.91 Å². The summed E-state index contributed by atoms with van der Waals surface area (Å²) in [4.78, 5) is 13.3. The smallest absolute Gasteiger partial charge is 0.321 e. The van der Waals surface area contributed by atoms with Gasteiger partial charge in [0.1, 0.15) is 0 Å². The van der Waals surface area contributed by atoms with E-state index in [1.54, 1.807) is 30.3 Å². The zero-order valence-corrected chi connectivity index (χ0v) is 14.4. The highest BCUT2D eigenvalue weighted by atomic mass is 32.2. The van der Waals surface area contributed by atoms with Crippen LogP contribution >= 0.6 is 11.8 Å². The molecule has 0 atom stereocenters. The van der Waals surface area contributed by atoms with Crippen LogP contribution in [0.5, 0.6) is 0 Å². The van der Waals surface area contributed by atoms with Gasteiger partial charge in [0.2, 0.25) is 0 Å². The lowest BCUT2D eigenvalue weighted by atomic mass is 10.2. The lowest BCUT2D eigenvalue weighted by molar-refractivity contribution is -0.141. The molecule has 0 fully saturated rings. The SMILES string of the molecule is CSc1ccccc1NC(=O)c1ccc(-n2ccc(C(F)(F)F)n2)cc1. The third-order valence-corrected chi connectivity index (χ3v) is 4.42. The molecule has 0 spiro atoms. The Labute approximate surface area is 152 Å². The third-order valence-electron chi connectivity index (χ3n) is 3.63. The van der Waals surface area contributed by atoms with Gasteiger partial charge in [-0.3, -0.25) is 4.79 Å². The number of aromatic nitrogens is 2. The molecule has 1 heterocycles. The topological polar surface area (TPSA) is 46.9 Å². The number of hydrogen-bond acceptors (Lipinski definition) is 3. The van der Waals surface area contributed by atoms with E-state index in [0.717, 1.165) is 15.6 Å². The van der Waals surface area contributed by atoms with Crippen LogP contribution in [-0.4, -0.2) is 21.9 Å². The number of nitrogens with zero attached hydrogens (tertiary/aromatic N) is 2. The van der Waals surface area contributed by atoms with Crippen molar-refractivity contribution in [1.29, 1.82) is 0 Å². The molecule has 26 heavy (non-hydrogen) atoms. The van der Waals surface area contributed by atoms with Gasteiger partial charge in [-0.1, -0.05) is 12.1 Å². The summed E-state index contributed by atoms with van der Waals surface area (Å²) in [5.74, 6) is -0.297. The molecule has 0 aliphatic carbocycles. The van der Waals surface area contributed by atoms with E-state index in [0.29, 0.717) is 16.9 Å². The first kappa shape index (κ1) is 18.1. The normalized spacial score (nSPS) is 11.4. The fraction of sp³-hybridized carbons (Fsp3) is 0.111. The van der Waals surface area contributed by atoms with Gasteiger partial charge in [-0.05, 0) is 48.7 Å². The van der Waals surface area contributed by atoms with Crippen LogP contribution in [0.25, 0.3) is 5.69 Å². The van der Waals surface area contributed by atoms with E-state index in [1.165, 1.54) is 18.0 Å². The van der Waals surface area contributed by atoms with Crippen molar-refractivity contribution in [3.05, 3.63) is 72.1 Å². The Hall–Kier alpha value is -2.74. The average molecular weight is 377 g/mol. The van der Waals surface area contributed by atoms with Crippen LogP contribution in [0.4, 0.5) is 18.9 Å². The van der Waals surface area contributed by atoms with Crippen molar-refractivity contribution in [3.8, 4) is 5.69 Å². The number of carbonyl (C=O) groups is 1. The molecule has 3 aromatic rings. The number of anilines is 1. The van der Waals surface area contributed by atoms with E-state index in [9.17, 15) is 18.0 Å². The molecule has 0 saturated carbocycles. The van der Waals surface area contributed by atoms with E-state index in [1.807, 2.05) is 24.5 Å². The molecule has 0 radical (unpaired) electrons. The Kier molecular flexibility index (Phi) is 5.03. The van der Waals surface area contributed by atoms with Gasteiger partial charge >= 0.3 is 6.18 Å². The number of para-hydroxylation sites is 1. The zero-order valence-electron chi connectivity index (χ0n) is 13.6. The molecule has 134 valence electrons. The molecule has 2 aromatic carbocycles. The highest BCUT2D eigenvalue weighted by molar-refractivity contribution is 7.98. The fourth-order valence-electron chi connectivity index (χ4n) is 2.33. The minimum absolute atomic E-state index is 0.297. The van der Waals surface area contributed by atoms with Crippen LogP contribution in [-0.2, 0) is 6.18 Å². The number of alkyl halides is 3. The van der Waals surface area contributed by atoms with Gasteiger partial charge < -0.3 is 5.32 Å². The number of nitrogens with one attached hydrogen (secondary N) is 1. The van der Waals surface area contributed by atoms with Crippen molar-refractivity contribution in [2.75, 3.05) is 11.6 Å². The number of benzene rings is 2. The summed E-state index contributed by atoms with van der Waals surface area (Å²) >= 11 is 1.52. The number of amides is 1. The standard InChI is InChI=1S/C18H14F3N3OS/c1-26-15-5-3-2-4-14(15)22-17(25)12-6-8-13(9-7-12)24-11-10-16(23-24)18(19,20)21/h2-11H,1H3,(H,22,25). The van der Waals surface area contributed by atoms with Crippen LogP contribution in [0.3, 0.4) is 0 Å². The van der Waals surface area contributed by atoms with E-state index >= 15 is 0 Å². The highest BCUT2D eigenvalue weighted by Gasteiger charge is 2.33. The van der Waals surface area contributed by atoms with Crippen molar-refractivity contribution in [2.24, 2.45) is 0 Å². The van der Waals surface area contributed by atoms with Crippen LogP contribution in [0, 0.1) is 0 Å². The first-order valence-electron chi connectivity index (χ1n) is 7.56. The number of halogens is 3. The summed E-state index contributed by atoms with van der Waals surface area (Å²) in [7, 11) is 0. The highest BCUT2D eigenvalue weighted by Crippen LogP contribution is 2.28. The molecule has 1 N–H and O–H groups in total. The van der Waals surface area contributed by atoms with E-state index < -0.39 is 11.9 Å². The Morgan fingerprint density at radius 3 is 2.38 bits per heavy atom. The minimum atomic E-state index is -4.49. The second-order valence-corrected chi connectivity index (χ2v) is 6.19. The van der Waals surface area contributed by atoms with E-state index in [4.69, 9.17) is 0 Å². The summed E-state index contributed by atoms with van der Waals surface area (Å²) < 4.78 is 39.0. The molecule has 0 unspecified atom stereocenters. The lowest BCUT2D eigenvalue weighted by Gasteiger charge is -2.09. The Bertz CT molecular complexity index is 920. The van der Waals surface area contributed by atoms with Gasteiger partial charge in [-0.2, -0.15) is 18.3 Å². The summed E-state index contributed by atoms with van der Waals surface area (Å²) in [6.07, 6.45) is -1.35. The summed E-state index contributed by atoms with van der Waals surface area (Å²) in [5, 5.41) is 6.34. The monoisotopic (exact) mass is 377 g/mol. The van der Waals surface area contributed by atoms with Crippen molar-refractivity contribution in [3.63, 3.8) is 0 Å². The van der Waals surface area contributed by atoms with Crippen molar-refractivity contribution in [2.45, 2.75) is 11.1 Å². The molecular formula is C18H14F3N3OS. The Morgan fingerprint density at radius 2 is 1.77 bits per heavy atom. The Balaban J connectivity index is 1.77. The van der Waals surface area contributed by atoms with Crippen molar-refractivity contribution >= 4 is 23.4 Å². The Morgan fingerprint density at radius 1 is 1.08 bits per heavy atom. The lowest BCUT2D eigenvalue weighted by Crippen LogP contribution is -2.12. The maximum atomic E-state index is 12.6. The predicted octanol–water partition coefficient (Wildman–Crippen LogP) is 4.87. The molecule has 0 bridgehead atoms. The van der Waals surface area contributed by atoms with Crippen LogP contribution in [0.1, 0.15) is 16.1 Å². The first-order chi connectivity index (χ1) is 12.4. The van der Waals surface area contributed by atoms with Crippen molar-refractivity contribution in [1.82, 2.24) is 9.78 Å². The van der Waals surface area contributed by atoms with Gasteiger partial charge in [-0.25, -0.2) is 4.68 Å². The van der Waals surface area contributed by atoms with Crippen LogP contribution in [0.15, 0.2) is 65.7 Å².